The van der Waals surface area contributed by atoms with E-state index in [1.54, 1.807) is 0 Å². The van der Waals surface area contributed by atoms with Crippen LogP contribution in [0.25, 0.3) is 0 Å². The van der Waals surface area contributed by atoms with Gasteiger partial charge in [0.2, 0.25) is 0 Å². The molecular formula is C8H14. The van der Waals surface area contributed by atoms with Gasteiger partial charge in [0.25, 0.3) is 0 Å². The van der Waals surface area contributed by atoms with Crippen LogP contribution in [0.2, 0.25) is 0 Å². The van der Waals surface area contributed by atoms with Crippen molar-refractivity contribution in [3.8, 4) is 0 Å². The maximum atomic E-state index is 2.38. The lowest BCUT2D eigenvalue weighted by molar-refractivity contribution is 0.892. The molecule has 1 fully saturated rings. The van der Waals surface area contributed by atoms with Gasteiger partial charge in [-0.1, -0.05) is 18.6 Å². The second-order valence-electron chi connectivity index (χ2n) is 3.12. The maximum Gasteiger partial charge on any atom is -0.0202 e. The van der Waals surface area contributed by atoms with Gasteiger partial charge in [0, 0.05) is 0 Å². The third kappa shape index (κ3) is 1.36. The molecule has 1 aliphatic carbocycles. The second-order valence-corrected chi connectivity index (χ2v) is 3.12. The highest BCUT2D eigenvalue weighted by molar-refractivity contribution is 5.05. The van der Waals surface area contributed by atoms with Crippen molar-refractivity contribution in [1.29, 1.82) is 0 Å². The summed E-state index contributed by atoms with van der Waals surface area (Å²) in [7, 11) is 0. The van der Waals surface area contributed by atoms with Crippen molar-refractivity contribution in [2.45, 2.75) is 27.2 Å². The molecule has 0 aromatic rings. The number of rotatable bonds is 1. The molecule has 1 aliphatic rings. The Morgan fingerprint density at radius 3 is 2.12 bits per heavy atom. The Hall–Kier alpha value is -0.260. The van der Waals surface area contributed by atoms with Gasteiger partial charge in [0.1, 0.15) is 0 Å². The molecule has 2 unspecified atom stereocenters. The molecule has 0 aromatic heterocycles. The van der Waals surface area contributed by atoms with E-state index in [2.05, 4.69) is 26.8 Å². The SMILES string of the molecule is CC(C)=CC1CC1C. The summed E-state index contributed by atoms with van der Waals surface area (Å²) < 4.78 is 0. The average molecular weight is 110 g/mol. The van der Waals surface area contributed by atoms with Crippen LogP contribution in [0.3, 0.4) is 0 Å². The zero-order valence-corrected chi connectivity index (χ0v) is 5.94. The Balaban J connectivity index is 2.32. The van der Waals surface area contributed by atoms with Gasteiger partial charge < -0.3 is 0 Å². The largest absolute Gasteiger partial charge is 0.0825 e. The van der Waals surface area contributed by atoms with Gasteiger partial charge in [-0.3, -0.25) is 0 Å². The van der Waals surface area contributed by atoms with Gasteiger partial charge in [0.05, 0.1) is 0 Å². The van der Waals surface area contributed by atoms with E-state index in [1.165, 1.54) is 12.0 Å². The number of hydrogen-bond acceptors (Lipinski definition) is 0. The van der Waals surface area contributed by atoms with E-state index in [0.717, 1.165) is 11.8 Å². The Morgan fingerprint density at radius 1 is 1.50 bits per heavy atom. The van der Waals surface area contributed by atoms with Crippen LogP contribution in [0.4, 0.5) is 0 Å². The summed E-state index contributed by atoms with van der Waals surface area (Å²) in [6.07, 6.45) is 3.80. The molecule has 0 nitrogen and oxygen atoms in total. The monoisotopic (exact) mass is 110 g/mol. The summed E-state index contributed by atoms with van der Waals surface area (Å²) in [6, 6.07) is 0. The van der Waals surface area contributed by atoms with Gasteiger partial charge in [-0.15, -0.1) is 0 Å². The van der Waals surface area contributed by atoms with Crippen LogP contribution < -0.4 is 0 Å². The minimum absolute atomic E-state index is 0.931. The van der Waals surface area contributed by atoms with Gasteiger partial charge in [-0.05, 0) is 32.1 Å². The second kappa shape index (κ2) is 1.93. The van der Waals surface area contributed by atoms with Crippen LogP contribution in [-0.2, 0) is 0 Å². The normalized spacial score (nSPS) is 34.4. The predicted molar refractivity (Wildman–Crippen MR) is 36.7 cm³/mol. The van der Waals surface area contributed by atoms with Crippen molar-refractivity contribution < 1.29 is 0 Å². The van der Waals surface area contributed by atoms with E-state index in [4.69, 9.17) is 0 Å². The van der Waals surface area contributed by atoms with Crippen molar-refractivity contribution in [3.05, 3.63) is 11.6 Å². The molecule has 0 bridgehead atoms. The molecule has 1 rings (SSSR count). The van der Waals surface area contributed by atoms with Crippen molar-refractivity contribution in [2.75, 3.05) is 0 Å². The molecule has 8 heavy (non-hydrogen) atoms. The van der Waals surface area contributed by atoms with Gasteiger partial charge in [-0.2, -0.15) is 0 Å². The van der Waals surface area contributed by atoms with E-state index in [-0.39, 0.29) is 0 Å². The topological polar surface area (TPSA) is 0 Å². The molecule has 46 valence electrons. The molecule has 0 N–H and O–H groups in total. The molecule has 1 saturated carbocycles. The molecular weight excluding hydrogens is 96.1 g/mol. The maximum absolute atomic E-state index is 2.38. The first-order valence-electron chi connectivity index (χ1n) is 3.35. The summed E-state index contributed by atoms with van der Waals surface area (Å²) in [5.41, 5.74) is 1.47. The zero-order chi connectivity index (χ0) is 6.15. The third-order valence-corrected chi connectivity index (χ3v) is 1.72. The summed E-state index contributed by atoms with van der Waals surface area (Å²) in [5.74, 6) is 1.91. The molecule has 0 heteroatoms. The molecule has 0 aromatic carbocycles. The van der Waals surface area contributed by atoms with Gasteiger partial charge >= 0.3 is 0 Å². The quantitative estimate of drug-likeness (QED) is 0.455. The summed E-state index contributed by atoms with van der Waals surface area (Å²) in [6.45, 7) is 6.65. The van der Waals surface area contributed by atoms with E-state index in [0.29, 0.717) is 0 Å². The fraction of sp³-hybridized carbons (Fsp3) is 0.750. The summed E-state index contributed by atoms with van der Waals surface area (Å²) >= 11 is 0. The summed E-state index contributed by atoms with van der Waals surface area (Å²) in [5, 5.41) is 0. The average Bonchev–Trinajstić information content (AvgIpc) is 2.17. The molecule has 0 heterocycles. The predicted octanol–water partition coefficient (Wildman–Crippen LogP) is 2.61. The van der Waals surface area contributed by atoms with E-state index in [9.17, 15) is 0 Å². The first-order chi connectivity index (χ1) is 3.70. The van der Waals surface area contributed by atoms with Crippen LogP contribution in [-0.4, -0.2) is 0 Å². The molecule has 0 amide bonds. The Bertz CT molecular complexity index is 107. The number of allylic oxidation sites excluding steroid dienone is 2. The van der Waals surface area contributed by atoms with Gasteiger partial charge in [0.15, 0.2) is 0 Å². The third-order valence-electron chi connectivity index (χ3n) is 1.72. The van der Waals surface area contributed by atoms with Crippen molar-refractivity contribution in [2.24, 2.45) is 11.8 Å². The van der Waals surface area contributed by atoms with Crippen LogP contribution in [0.1, 0.15) is 27.2 Å². The van der Waals surface area contributed by atoms with Crippen LogP contribution in [0, 0.1) is 11.8 Å². The fourth-order valence-corrected chi connectivity index (χ4v) is 1.01. The highest BCUT2D eigenvalue weighted by atomic mass is 14.3. The van der Waals surface area contributed by atoms with Crippen LogP contribution >= 0.6 is 0 Å². The lowest BCUT2D eigenvalue weighted by atomic mass is 10.2. The minimum atomic E-state index is 0.931. The fourth-order valence-electron chi connectivity index (χ4n) is 1.01. The van der Waals surface area contributed by atoms with Crippen molar-refractivity contribution in [1.82, 2.24) is 0 Å². The van der Waals surface area contributed by atoms with Crippen LogP contribution in [0.15, 0.2) is 11.6 Å². The number of hydrogen-bond donors (Lipinski definition) is 0. The Morgan fingerprint density at radius 2 is 2.00 bits per heavy atom. The molecule has 0 aliphatic heterocycles. The Labute approximate surface area is 51.6 Å². The molecule has 0 saturated heterocycles. The molecule has 2 atom stereocenters. The highest BCUT2D eigenvalue weighted by Crippen LogP contribution is 2.39. The van der Waals surface area contributed by atoms with Crippen molar-refractivity contribution >= 4 is 0 Å². The lowest BCUT2D eigenvalue weighted by Gasteiger charge is -1.85. The van der Waals surface area contributed by atoms with E-state index < -0.39 is 0 Å². The summed E-state index contributed by atoms with van der Waals surface area (Å²) in [4.78, 5) is 0. The first kappa shape index (κ1) is 5.87. The van der Waals surface area contributed by atoms with Crippen LogP contribution in [0.5, 0.6) is 0 Å². The minimum Gasteiger partial charge on any atom is -0.0825 e. The molecule has 0 spiro atoms. The van der Waals surface area contributed by atoms with E-state index >= 15 is 0 Å². The highest BCUT2D eigenvalue weighted by Gasteiger charge is 2.29. The smallest absolute Gasteiger partial charge is 0.0202 e. The standard InChI is InChI=1S/C8H14/c1-6(2)4-8-5-7(8)3/h4,7-8H,5H2,1-3H3. The van der Waals surface area contributed by atoms with E-state index in [1.807, 2.05) is 0 Å². The van der Waals surface area contributed by atoms with Crippen molar-refractivity contribution in [3.63, 3.8) is 0 Å². The molecule has 0 radical (unpaired) electrons. The Kier molecular flexibility index (Phi) is 1.41. The lowest BCUT2D eigenvalue weighted by Crippen LogP contribution is -1.70. The van der Waals surface area contributed by atoms with Gasteiger partial charge in [-0.25, -0.2) is 0 Å². The zero-order valence-electron chi connectivity index (χ0n) is 5.94. The first-order valence-corrected chi connectivity index (χ1v) is 3.35.